The second-order valence-electron chi connectivity index (χ2n) is 10.2. The Balaban J connectivity index is 1.21. The Hall–Kier alpha value is -4.86. The summed E-state index contributed by atoms with van der Waals surface area (Å²) in [5.41, 5.74) is 1.10. The Labute approximate surface area is 262 Å². The number of aryl methyl sites for hydroxylation is 1. The lowest BCUT2D eigenvalue weighted by Crippen LogP contribution is -2.35. The highest BCUT2D eigenvalue weighted by Crippen LogP contribution is 2.39. The number of aliphatic imine (C=N–C) groups is 1. The van der Waals surface area contributed by atoms with E-state index in [2.05, 4.69) is 25.1 Å². The van der Waals surface area contributed by atoms with Crippen molar-refractivity contribution in [2.75, 3.05) is 10.7 Å². The van der Waals surface area contributed by atoms with Crippen molar-refractivity contribution in [3.05, 3.63) is 89.7 Å². The third-order valence-corrected chi connectivity index (χ3v) is 7.54. The molecule has 0 unspecified atom stereocenters. The first kappa shape index (κ1) is 32.5. The van der Waals surface area contributed by atoms with Crippen molar-refractivity contribution in [3.8, 4) is 22.8 Å². The summed E-state index contributed by atoms with van der Waals surface area (Å²) in [5.74, 6) is -0.764. The van der Waals surface area contributed by atoms with Gasteiger partial charge in [0.15, 0.2) is 11.0 Å². The van der Waals surface area contributed by atoms with Gasteiger partial charge in [0, 0.05) is 11.6 Å². The second-order valence-corrected chi connectivity index (χ2v) is 11.2. The second kappa shape index (κ2) is 12.9. The highest BCUT2D eigenvalue weighted by Gasteiger charge is 2.40. The van der Waals surface area contributed by atoms with Crippen LogP contribution in [0.25, 0.3) is 17.1 Å². The summed E-state index contributed by atoms with van der Waals surface area (Å²) in [6.45, 7) is 3.33. The van der Waals surface area contributed by atoms with Crippen LogP contribution < -0.4 is 15.0 Å². The Morgan fingerprint density at radius 3 is 2.39 bits per heavy atom. The first-order chi connectivity index (χ1) is 21.7. The molecule has 1 saturated heterocycles. The molecule has 1 atom stereocenters. The van der Waals surface area contributed by atoms with Gasteiger partial charge in [0.1, 0.15) is 12.1 Å². The number of carbonyl (C=O) groups is 2. The summed E-state index contributed by atoms with van der Waals surface area (Å²) in [5, 5.41) is 6.91. The molecule has 16 heteroatoms. The molecule has 0 saturated carbocycles. The molecule has 4 aromatic rings. The zero-order valence-corrected chi connectivity index (χ0v) is 24.9. The summed E-state index contributed by atoms with van der Waals surface area (Å²) in [7, 11) is 0. The minimum atomic E-state index is -4.79. The normalized spacial score (nSPS) is 15.3. The number of halogens is 6. The van der Waals surface area contributed by atoms with Gasteiger partial charge < -0.3 is 10.1 Å². The number of alkyl halides is 6. The van der Waals surface area contributed by atoms with E-state index >= 15 is 0 Å². The number of nitrogens with zero attached hydrogens (tertiary/aromatic N) is 5. The van der Waals surface area contributed by atoms with Crippen molar-refractivity contribution >= 4 is 34.6 Å². The van der Waals surface area contributed by atoms with Gasteiger partial charge in [0.05, 0.1) is 22.7 Å². The van der Waals surface area contributed by atoms with Gasteiger partial charge in [-0.1, -0.05) is 42.1 Å². The predicted molar refractivity (Wildman–Crippen MR) is 159 cm³/mol. The SMILES string of the molecule is Cc1ccc(C(F)(F)F)c(N2C(=O)CS/C2=N\C(=O)N[C@H](C)Cc2ccc(-c3ncn(-c4ccc(OC(F)(F)F)cc4)n3)cc2)c1. The van der Waals surface area contributed by atoms with Gasteiger partial charge in [-0.15, -0.1) is 18.3 Å². The number of amides is 3. The van der Waals surface area contributed by atoms with Gasteiger partial charge in [-0.25, -0.2) is 14.5 Å². The molecule has 1 N–H and O–H groups in total. The van der Waals surface area contributed by atoms with Crippen molar-refractivity contribution in [1.29, 1.82) is 0 Å². The lowest BCUT2D eigenvalue weighted by atomic mass is 10.1. The molecule has 1 aliphatic rings. The number of urea groups is 1. The maximum absolute atomic E-state index is 13.7. The summed E-state index contributed by atoms with van der Waals surface area (Å²) >= 11 is 0.878. The van der Waals surface area contributed by atoms with Crippen molar-refractivity contribution in [2.45, 2.75) is 38.8 Å². The molecular formula is C30H24F6N6O3S. The largest absolute Gasteiger partial charge is 0.573 e. The molecule has 1 aliphatic heterocycles. The fourth-order valence-corrected chi connectivity index (χ4v) is 5.45. The molecule has 0 radical (unpaired) electrons. The van der Waals surface area contributed by atoms with Crippen LogP contribution in [0.3, 0.4) is 0 Å². The van der Waals surface area contributed by atoms with Gasteiger partial charge in [-0.2, -0.15) is 18.2 Å². The molecule has 2 heterocycles. The van der Waals surface area contributed by atoms with E-state index in [-0.39, 0.29) is 22.4 Å². The van der Waals surface area contributed by atoms with Crippen LogP contribution in [0, 0.1) is 6.92 Å². The summed E-state index contributed by atoms with van der Waals surface area (Å²) in [6.07, 6.45) is -7.70. The molecule has 5 rings (SSSR count). The van der Waals surface area contributed by atoms with Gasteiger partial charge in [0.2, 0.25) is 5.91 Å². The van der Waals surface area contributed by atoms with Crippen LogP contribution in [0.15, 0.2) is 78.0 Å². The van der Waals surface area contributed by atoms with Gasteiger partial charge >= 0.3 is 18.6 Å². The smallest absolute Gasteiger partial charge is 0.406 e. The number of carbonyl (C=O) groups excluding carboxylic acids is 2. The molecule has 0 spiro atoms. The molecule has 1 aromatic heterocycles. The quantitative estimate of drug-likeness (QED) is 0.215. The number of hydrogen-bond donors (Lipinski definition) is 1. The van der Waals surface area contributed by atoms with E-state index in [1.807, 2.05) is 0 Å². The number of anilines is 1. The van der Waals surface area contributed by atoms with Crippen LogP contribution in [-0.4, -0.2) is 50.0 Å². The Morgan fingerprint density at radius 2 is 1.74 bits per heavy atom. The zero-order valence-electron chi connectivity index (χ0n) is 24.1. The number of benzene rings is 3. The molecule has 1 fully saturated rings. The van der Waals surface area contributed by atoms with E-state index < -0.39 is 36.1 Å². The number of rotatable bonds is 7. The van der Waals surface area contributed by atoms with E-state index in [1.54, 1.807) is 38.1 Å². The summed E-state index contributed by atoms with van der Waals surface area (Å²) < 4.78 is 83.5. The standard InChI is InChI=1S/C30H24F6N6O3S/c1-17-3-12-23(29(31,32)33)24(13-17)42-25(43)15-46-28(42)39-27(44)38-18(2)14-19-4-6-20(7-5-19)26-37-16-41(40-26)21-8-10-22(11-9-21)45-30(34,35)36/h3-13,16,18H,14-15H2,1-2H3,(H,38,44)/b39-28-/t18-/m1/s1. The monoisotopic (exact) mass is 662 g/mol. The minimum Gasteiger partial charge on any atom is -0.406 e. The first-order valence-corrected chi connectivity index (χ1v) is 14.5. The maximum atomic E-state index is 13.7. The van der Waals surface area contributed by atoms with E-state index in [4.69, 9.17) is 0 Å². The maximum Gasteiger partial charge on any atom is 0.573 e. The minimum absolute atomic E-state index is 0.146. The number of ether oxygens (including phenoxy) is 1. The number of amidine groups is 1. The molecule has 3 amide bonds. The third-order valence-electron chi connectivity index (χ3n) is 6.61. The number of thioether (sulfide) groups is 1. The zero-order chi connectivity index (χ0) is 33.2. The van der Waals surface area contributed by atoms with E-state index in [0.29, 0.717) is 29.1 Å². The fourth-order valence-electron chi connectivity index (χ4n) is 4.59. The van der Waals surface area contributed by atoms with Crippen LogP contribution in [0.1, 0.15) is 23.6 Å². The van der Waals surface area contributed by atoms with Gasteiger partial charge in [-0.05, 0) is 67.8 Å². The van der Waals surface area contributed by atoms with Gasteiger partial charge in [0.25, 0.3) is 0 Å². The molecular weight excluding hydrogens is 638 g/mol. The van der Waals surface area contributed by atoms with E-state index in [1.165, 1.54) is 47.4 Å². The Kier molecular flexibility index (Phi) is 9.10. The van der Waals surface area contributed by atoms with Crippen molar-refractivity contribution in [2.24, 2.45) is 4.99 Å². The van der Waals surface area contributed by atoms with Crippen LogP contribution in [0.4, 0.5) is 36.8 Å². The predicted octanol–water partition coefficient (Wildman–Crippen LogP) is 6.94. The lowest BCUT2D eigenvalue weighted by molar-refractivity contribution is -0.274. The summed E-state index contributed by atoms with van der Waals surface area (Å²) in [6, 6.07) is 14.5. The van der Waals surface area contributed by atoms with Crippen LogP contribution in [0.5, 0.6) is 5.75 Å². The first-order valence-electron chi connectivity index (χ1n) is 13.6. The number of hydrogen-bond acceptors (Lipinski definition) is 6. The van der Waals surface area contributed by atoms with Crippen molar-refractivity contribution in [1.82, 2.24) is 20.1 Å². The van der Waals surface area contributed by atoms with Crippen LogP contribution in [0.2, 0.25) is 0 Å². The third kappa shape index (κ3) is 7.85. The van der Waals surface area contributed by atoms with Crippen molar-refractivity contribution in [3.63, 3.8) is 0 Å². The average molecular weight is 663 g/mol. The Morgan fingerprint density at radius 1 is 1.04 bits per heavy atom. The molecule has 240 valence electrons. The molecule has 0 aliphatic carbocycles. The topological polar surface area (TPSA) is 102 Å². The molecule has 46 heavy (non-hydrogen) atoms. The fraction of sp³-hybridized carbons (Fsp3) is 0.233. The highest BCUT2D eigenvalue weighted by molar-refractivity contribution is 8.15. The van der Waals surface area contributed by atoms with Gasteiger partial charge in [-0.3, -0.25) is 9.69 Å². The number of nitrogens with one attached hydrogen (secondary N) is 1. The highest BCUT2D eigenvalue weighted by atomic mass is 32.2. The summed E-state index contributed by atoms with van der Waals surface area (Å²) in [4.78, 5) is 34.3. The average Bonchev–Trinajstić information content (AvgIpc) is 3.59. The van der Waals surface area contributed by atoms with Crippen LogP contribution in [-0.2, 0) is 17.4 Å². The van der Waals surface area contributed by atoms with Crippen molar-refractivity contribution < 1.29 is 40.7 Å². The number of aromatic nitrogens is 3. The molecule has 9 nitrogen and oxygen atoms in total. The van der Waals surface area contributed by atoms with E-state index in [0.717, 1.165) is 28.3 Å². The molecule has 0 bridgehead atoms. The lowest BCUT2D eigenvalue weighted by Gasteiger charge is -2.21. The molecule has 3 aromatic carbocycles. The van der Waals surface area contributed by atoms with Crippen LogP contribution >= 0.6 is 11.8 Å². The van der Waals surface area contributed by atoms with E-state index in [9.17, 15) is 35.9 Å². The Bertz CT molecular complexity index is 1770.